The van der Waals surface area contributed by atoms with Gasteiger partial charge >= 0.3 is 0 Å². The van der Waals surface area contributed by atoms with Gasteiger partial charge in [0, 0.05) is 22.9 Å². The van der Waals surface area contributed by atoms with E-state index in [4.69, 9.17) is 0 Å². The summed E-state index contributed by atoms with van der Waals surface area (Å²) >= 11 is 0. The van der Waals surface area contributed by atoms with E-state index in [9.17, 15) is 0 Å². The van der Waals surface area contributed by atoms with Crippen LogP contribution in [0.5, 0.6) is 0 Å². The molecule has 2 nitrogen and oxygen atoms in total. The van der Waals surface area contributed by atoms with Crippen molar-refractivity contribution in [3.63, 3.8) is 0 Å². The van der Waals surface area contributed by atoms with E-state index in [2.05, 4.69) is 67.9 Å². The van der Waals surface area contributed by atoms with Gasteiger partial charge in [0.2, 0.25) is 0 Å². The highest BCUT2D eigenvalue weighted by Crippen LogP contribution is 2.67. The second kappa shape index (κ2) is 4.60. The Morgan fingerprint density at radius 3 is 2.64 bits per heavy atom. The Morgan fingerprint density at radius 2 is 1.86 bits per heavy atom. The average molecular weight is 293 g/mol. The molecule has 1 aliphatic rings. The predicted octanol–water partition coefficient (Wildman–Crippen LogP) is 4.00. The molecule has 0 unspecified atom stereocenters. The van der Waals surface area contributed by atoms with Gasteiger partial charge in [0.15, 0.2) is 0 Å². The van der Waals surface area contributed by atoms with Crippen molar-refractivity contribution >= 4 is 21.7 Å². The van der Waals surface area contributed by atoms with Crippen molar-refractivity contribution in [2.45, 2.75) is 33.1 Å². The highest BCUT2D eigenvalue weighted by molar-refractivity contribution is 6.07. The molecule has 4 rings (SSSR count). The van der Waals surface area contributed by atoms with Crippen molar-refractivity contribution in [1.82, 2.24) is 4.98 Å². The van der Waals surface area contributed by atoms with Crippen LogP contribution in [0.2, 0.25) is 0 Å². The van der Waals surface area contributed by atoms with Gasteiger partial charge in [0.05, 0.1) is 12.1 Å². The second-order valence-electron chi connectivity index (χ2n) is 7.42. The van der Waals surface area contributed by atoms with E-state index >= 15 is 0 Å². The van der Waals surface area contributed by atoms with Crippen LogP contribution >= 0.6 is 0 Å². The van der Waals surface area contributed by atoms with E-state index in [0.29, 0.717) is 11.3 Å². The normalized spacial score (nSPS) is 23.3. The molecule has 22 heavy (non-hydrogen) atoms. The number of aromatic amines is 1. The number of quaternary nitrogens is 1. The monoisotopic (exact) mass is 293 g/mol. The van der Waals surface area contributed by atoms with Crippen molar-refractivity contribution in [1.29, 1.82) is 0 Å². The molecular weight excluding hydrogens is 268 g/mol. The highest BCUT2D eigenvalue weighted by Gasteiger charge is 2.58. The van der Waals surface area contributed by atoms with Crippen molar-refractivity contribution in [2.24, 2.45) is 11.3 Å². The predicted molar refractivity (Wildman–Crippen MR) is 92.9 cm³/mol. The summed E-state index contributed by atoms with van der Waals surface area (Å²) in [5.74, 6) is 1.44. The standard InChI is InChI=1S/C20H24N2/c1-12-17(18-16(10-11-21)20(18,2)3)15-9-8-13-6-4-5-7-14(13)19(15)22-12/h4-9,16,18,22H,10-11,21H2,1-3H3/p+1/t16-,18-/m0/s1. The van der Waals surface area contributed by atoms with Crippen LogP contribution in [-0.4, -0.2) is 11.5 Å². The summed E-state index contributed by atoms with van der Waals surface area (Å²) in [6, 6.07) is 13.2. The van der Waals surface area contributed by atoms with Gasteiger partial charge in [-0.2, -0.15) is 0 Å². The smallest absolute Gasteiger partial charge is 0.0742 e. The van der Waals surface area contributed by atoms with Crippen LogP contribution in [0.15, 0.2) is 36.4 Å². The highest BCUT2D eigenvalue weighted by atomic mass is 14.7. The van der Waals surface area contributed by atoms with Gasteiger partial charge < -0.3 is 10.7 Å². The van der Waals surface area contributed by atoms with Crippen molar-refractivity contribution in [3.05, 3.63) is 47.7 Å². The molecule has 4 N–H and O–H groups in total. The summed E-state index contributed by atoms with van der Waals surface area (Å²) in [6.07, 6.45) is 1.23. The molecule has 0 spiro atoms. The molecule has 2 atom stereocenters. The zero-order valence-corrected chi connectivity index (χ0v) is 13.7. The lowest BCUT2D eigenvalue weighted by Crippen LogP contribution is -2.50. The van der Waals surface area contributed by atoms with Crippen LogP contribution < -0.4 is 5.73 Å². The van der Waals surface area contributed by atoms with Crippen LogP contribution in [0, 0.1) is 18.3 Å². The first-order chi connectivity index (χ1) is 10.6. The second-order valence-corrected chi connectivity index (χ2v) is 7.42. The SMILES string of the molecule is Cc1[nH]c2c(ccc3ccccc32)c1[C@@H]1[C@H](CC[NH3+])C1(C)C. The maximum Gasteiger partial charge on any atom is 0.0742 e. The van der Waals surface area contributed by atoms with Gasteiger partial charge in [0.1, 0.15) is 0 Å². The number of fused-ring (bicyclic) bond motifs is 3. The number of hydrogen-bond donors (Lipinski definition) is 2. The minimum atomic E-state index is 0.406. The lowest BCUT2D eigenvalue weighted by molar-refractivity contribution is -0.369. The zero-order chi connectivity index (χ0) is 15.5. The number of aryl methyl sites for hydroxylation is 1. The summed E-state index contributed by atoms with van der Waals surface area (Å²) in [6.45, 7) is 8.10. The maximum absolute atomic E-state index is 4.07. The van der Waals surface area contributed by atoms with Gasteiger partial charge in [-0.05, 0) is 35.1 Å². The molecular formula is C20H25N2+. The van der Waals surface area contributed by atoms with Gasteiger partial charge in [-0.15, -0.1) is 0 Å². The fourth-order valence-corrected chi connectivity index (χ4v) is 4.56. The van der Waals surface area contributed by atoms with E-state index in [1.807, 2.05) is 0 Å². The molecule has 1 aromatic heterocycles. The third-order valence-corrected chi connectivity index (χ3v) is 5.81. The van der Waals surface area contributed by atoms with E-state index in [1.54, 1.807) is 5.56 Å². The maximum atomic E-state index is 4.07. The van der Waals surface area contributed by atoms with E-state index in [0.717, 1.165) is 12.5 Å². The molecule has 2 aromatic carbocycles. The van der Waals surface area contributed by atoms with Gasteiger partial charge in [-0.1, -0.05) is 50.2 Å². The minimum Gasteiger partial charge on any atom is -0.358 e. The molecule has 1 fully saturated rings. The van der Waals surface area contributed by atoms with E-state index in [1.165, 1.54) is 33.8 Å². The van der Waals surface area contributed by atoms with Crippen LogP contribution in [0.1, 0.15) is 37.4 Å². The van der Waals surface area contributed by atoms with Gasteiger partial charge in [-0.3, -0.25) is 0 Å². The first kappa shape index (κ1) is 13.8. The number of H-pyrrole nitrogens is 1. The summed E-state index contributed by atoms with van der Waals surface area (Å²) in [4.78, 5) is 3.68. The molecule has 114 valence electrons. The Kier molecular flexibility index (Phi) is 2.89. The molecule has 2 heteroatoms. The number of nitrogens with one attached hydrogen (secondary N) is 1. The molecule has 3 aromatic rings. The quantitative estimate of drug-likeness (QED) is 0.733. The van der Waals surface area contributed by atoms with Crippen LogP contribution in [0.25, 0.3) is 21.7 Å². The average Bonchev–Trinajstić information content (AvgIpc) is 2.87. The Bertz CT molecular complexity index is 857. The summed E-state index contributed by atoms with van der Waals surface area (Å²) < 4.78 is 0. The summed E-state index contributed by atoms with van der Waals surface area (Å²) in [5, 5.41) is 4.06. The Hall–Kier alpha value is -1.80. The molecule has 0 radical (unpaired) electrons. The summed E-state index contributed by atoms with van der Waals surface area (Å²) in [5.41, 5.74) is 8.67. The molecule has 0 aliphatic heterocycles. The van der Waals surface area contributed by atoms with E-state index < -0.39 is 0 Å². The van der Waals surface area contributed by atoms with E-state index in [-0.39, 0.29) is 0 Å². The largest absolute Gasteiger partial charge is 0.358 e. The first-order valence-electron chi connectivity index (χ1n) is 8.35. The van der Waals surface area contributed by atoms with Crippen molar-refractivity contribution in [2.75, 3.05) is 6.54 Å². The first-order valence-corrected chi connectivity index (χ1v) is 8.35. The Balaban J connectivity index is 1.93. The van der Waals surface area contributed by atoms with Gasteiger partial charge in [-0.25, -0.2) is 0 Å². The fraction of sp³-hybridized carbons (Fsp3) is 0.400. The molecule has 1 saturated carbocycles. The van der Waals surface area contributed by atoms with Crippen molar-refractivity contribution < 1.29 is 5.73 Å². The van der Waals surface area contributed by atoms with Gasteiger partial charge in [0.25, 0.3) is 0 Å². The number of hydrogen-bond acceptors (Lipinski definition) is 0. The topological polar surface area (TPSA) is 43.4 Å². The number of benzene rings is 2. The third-order valence-electron chi connectivity index (χ3n) is 5.81. The Morgan fingerprint density at radius 1 is 1.09 bits per heavy atom. The molecule has 0 saturated heterocycles. The number of aromatic nitrogens is 1. The number of rotatable bonds is 3. The molecule has 0 bridgehead atoms. The minimum absolute atomic E-state index is 0.406. The van der Waals surface area contributed by atoms with Crippen LogP contribution in [0.4, 0.5) is 0 Å². The Labute approximate surface area is 131 Å². The molecule has 1 heterocycles. The summed E-state index contributed by atoms with van der Waals surface area (Å²) in [7, 11) is 0. The fourth-order valence-electron chi connectivity index (χ4n) is 4.56. The third kappa shape index (κ3) is 1.77. The van der Waals surface area contributed by atoms with Crippen LogP contribution in [0.3, 0.4) is 0 Å². The lowest BCUT2D eigenvalue weighted by Gasteiger charge is -2.04. The van der Waals surface area contributed by atoms with Crippen molar-refractivity contribution in [3.8, 4) is 0 Å². The van der Waals surface area contributed by atoms with Crippen LogP contribution in [-0.2, 0) is 0 Å². The zero-order valence-electron chi connectivity index (χ0n) is 13.7. The molecule has 0 amide bonds. The molecule has 1 aliphatic carbocycles. The lowest BCUT2D eigenvalue weighted by atomic mass is 9.98.